The lowest BCUT2D eigenvalue weighted by molar-refractivity contribution is 0.0982. The molecule has 0 aliphatic rings. The van der Waals surface area contributed by atoms with E-state index in [2.05, 4.69) is 41.8 Å². The second-order valence-electron chi connectivity index (χ2n) is 5.00. The van der Waals surface area contributed by atoms with Crippen molar-refractivity contribution >= 4 is 28.0 Å². The summed E-state index contributed by atoms with van der Waals surface area (Å²) in [7, 11) is 0. The number of carbonyl (C=O) groups is 1. The number of benzene rings is 1. The summed E-state index contributed by atoms with van der Waals surface area (Å²) in [5, 5.41) is 3.23. The second kappa shape index (κ2) is 5.63. The van der Waals surface area contributed by atoms with E-state index >= 15 is 0 Å². The fourth-order valence-corrected chi connectivity index (χ4v) is 3.30. The maximum Gasteiger partial charge on any atom is 0.172 e. The first kappa shape index (κ1) is 13.1. The van der Waals surface area contributed by atoms with Gasteiger partial charge in [0.05, 0.1) is 4.88 Å². The number of Topliss-reactive ketones (excluding diaryl/α,β-unsaturated/α-hetero) is 1. The zero-order valence-electron chi connectivity index (χ0n) is 11.5. The third-order valence-corrected chi connectivity index (χ3v) is 4.51. The summed E-state index contributed by atoms with van der Waals surface area (Å²) in [6.45, 7) is 3.03. The molecule has 0 aliphatic carbocycles. The van der Waals surface area contributed by atoms with Gasteiger partial charge in [0.15, 0.2) is 5.78 Å². The minimum Gasteiger partial charge on any atom is -0.345 e. The van der Waals surface area contributed by atoms with Gasteiger partial charge in [0.1, 0.15) is 0 Å². The Morgan fingerprint density at radius 2 is 2.05 bits per heavy atom. The molecule has 0 bridgehead atoms. The number of nitrogens with zero attached hydrogens (tertiary/aromatic N) is 1. The molecule has 0 unspecified atom stereocenters. The third kappa shape index (κ3) is 2.54. The van der Waals surface area contributed by atoms with Crippen LogP contribution in [0.15, 0.2) is 47.8 Å². The van der Waals surface area contributed by atoms with Crippen LogP contribution in [0.4, 0.5) is 0 Å². The van der Waals surface area contributed by atoms with Gasteiger partial charge in [0, 0.05) is 24.2 Å². The fourth-order valence-electron chi connectivity index (χ4n) is 2.60. The molecule has 0 saturated carbocycles. The second-order valence-corrected chi connectivity index (χ2v) is 5.95. The molecule has 102 valence electrons. The minimum absolute atomic E-state index is 0.258. The molecule has 0 radical (unpaired) electrons. The third-order valence-electron chi connectivity index (χ3n) is 3.60. The first-order chi connectivity index (χ1) is 9.75. The molecule has 0 saturated heterocycles. The average molecular weight is 283 g/mol. The Hall–Kier alpha value is -1.87. The average Bonchev–Trinajstić information content (AvgIpc) is 3.07. The number of fused-ring (bicyclic) bond motifs is 1. The summed E-state index contributed by atoms with van der Waals surface area (Å²) in [6.07, 6.45) is 1.50. The predicted molar refractivity (Wildman–Crippen MR) is 84.6 cm³/mol. The number of hydrogen-bond acceptors (Lipinski definition) is 2. The van der Waals surface area contributed by atoms with Gasteiger partial charge in [-0.3, -0.25) is 4.79 Å². The van der Waals surface area contributed by atoms with Gasteiger partial charge >= 0.3 is 0 Å². The highest BCUT2D eigenvalue weighted by molar-refractivity contribution is 7.12. The van der Waals surface area contributed by atoms with Gasteiger partial charge in [-0.15, -0.1) is 11.3 Å². The van der Waals surface area contributed by atoms with Crippen molar-refractivity contribution in [3.63, 3.8) is 0 Å². The van der Waals surface area contributed by atoms with Crippen LogP contribution >= 0.6 is 11.3 Å². The Labute approximate surface area is 122 Å². The van der Waals surface area contributed by atoms with Crippen molar-refractivity contribution in [2.45, 2.75) is 26.3 Å². The van der Waals surface area contributed by atoms with E-state index in [4.69, 9.17) is 0 Å². The lowest BCUT2D eigenvalue weighted by Crippen LogP contribution is -2.03. The monoisotopic (exact) mass is 283 g/mol. The van der Waals surface area contributed by atoms with E-state index < -0.39 is 0 Å². The van der Waals surface area contributed by atoms with Gasteiger partial charge in [-0.25, -0.2) is 0 Å². The number of para-hydroxylation sites is 1. The molecule has 2 nitrogen and oxygen atoms in total. The number of aromatic nitrogens is 1. The van der Waals surface area contributed by atoms with Gasteiger partial charge in [-0.05, 0) is 42.3 Å². The van der Waals surface area contributed by atoms with E-state index in [1.807, 2.05) is 17.5 Å². The van der Waals surface area contributed by atoms with Crippen LogP contribution in [0, 0.1) is 6.92 Å². The summed E-state index contributed by atoms with van der Waals surface area (Å²) >= 11 is 1.53. The summed E-state index contributed by atoms with van der Waals surface area (Å²) in [5.74, 6) is 0.258. The van der Waals surface area contributed by atoms with Crippen LogP contribution in [-0.4, -0.2) is 10.4 Å². The smallest absolute Gasteiger partial charge is 0.172 e. The summed E-state index contributed by atoms with van der Waals surface area (Å²) < 4.78 is 2.30. The van der Waals surface area contributed by atoms with Crippen LogP contribution in [0.2, 0.25) is 0 Å². The van der Waals surface area contributed by atoms with Crippen molar-refractivity contribution in [2.75, 3.05) is 0 Å². The van der Waals surface area contributed by atoms with Crippen LogP contribution in [-0.2, 0) is 6.54 Å². The highest BCUT2D eigenvalue weighted by atomic mass is 32.1. The Kier molecular flexibility index (Phi) is 3.70. The van der Waals surface area contributed by atoms with Gasteiger partial charge in [0.25, 0.3) is 0 Å². The lowest BCUT2D eigenvalue weighted by Gasteiger charge is -2.07. The van der Waals surface area contributed by atoms with Crippen molar-refractivity contribution in [1.82, 2.24) is 4.57 Å². The molecule has 0 aliphatic heterocycles. The highest BCUT2D eigenvalue weighted by Crippen LogP contribution is 2.20. The largest absolute Gasteiger partial charge is 0.345 e. The van der Waals surface area contributed by atoms with Crippen molar-refractivity contribution in [3.8, 4) is 0 Å². The molecule has 3 aromatic rings. The van der Waals surface area contributed by atoms with E-state index in [0.29, 0.717) is 6.42 Å². The van der Waals surface area contributed by atoms with Gasteiger partial charge in [-0.1, -0.05) is 24.3 Å². The van der Waals surface area contributed by atoms with Crippen LogP contribution in [0.5, 0.6) is 0 Å². The SMILES string of the molecule is Cc1cc2ccccc2n1CCCC(=O)c1cccs1. The van der Waals surface area contributed by atoms with Crippen molar-refractivity contribution < 1.29 is 4.79 Å². The molecule has 3 heteroatoms. The topological polar surface area (TPSA) is 22.0 Å². The number of carbonyl (C=O) groups excluding carboxylic acids is 1. The zero-order chi connectivity index (χ0) is 13.9. The molecule has 0 amide bonds. The quantitative estimate of drug-likeness (QED) is 0.623. The molecule has 0 fully saturated rings. The van der Waals surface area contributed by atoms with Crippen molar-refractivity contribution in [2.24, 2.45) is 0 Å². The van der Waals surface area contributed by atoms with E-state index in [0.717, 1.165) is 17.8 Å². The maximum atomic E-state index is 12.0. The van der Waals surface area contributed by atoms with E-state index in [-0.39, 0.29) is 5.78 Å². The molecule has 20 heavy (non-hydrogen) atoms. The summed E-state index contributed by atoms with van der Waals surface area (Å²) in [6, 6.07) is 14.4. The van der Waals surface area contributed by atoms with E-state index in [1.54, 1.807) is 0 Å². The zero-order valence-corrected chi connectivity index (χ0v) is 12.3. The fraction of sp³-hybridized carbons (Fsp3) is 0.235. The van der Waals surface area contributed by atoms with Crippen molar-refractivity contribution in [3.05, 3.63) is 58.4 Å². The first-order valence-corrected chi connectivity index (χ1v) is 7.75. The molecule has 2 aromatic heterocycles. The Bertz CT molecular complexity index is 725. The molecule has 0 spiro atoms. The van der Waals surface area contributed by atoms with Crippen LogP contribution in [0.1, 0.15) is 28.2 Å². The summed E-state index contributed by atoms with van der Waals surface area (Å²) in [5.41, 5.74) is 2.52. The lowest BCUT2D eigenvalue weighted by atomic mass is 10.2. The van der Waals surface area contributed by atoms with Gasteiger partial charge in [-0.2, -0.15) is 0 Å². The number of rotatable bonds is 5. The highest BCUT2D eigenvalue weighted by Gasteiger charge is 2.08. The van der Waals surface area contributed by atoms with Gasteiger partial charge < -0.3 is 4.57 Å². The number of ketones is 1. The minimum atomic E-state index is 0.258. The standard InChI is InChI=1S/C17H17NOS/c1-13-12-14-6-2-3-7-15(14)18(13)10-4-8-16(19)17-9-5-11-20-17/h2-3,5-7,9,11-12H,4,8,10H2,1H3. The molecule has 3 rings (SSSR count). The maximum absolute atomic E-state index is 12.0. The Morgan fingerprint density at radius 1 is 1.20 bits per heavy atom. The van der Waals surface area contributed by atoms with E-state index in [1.165, 1.54) is 27.9 Å². The van der Waals surface area contributed by atoms with E-state index in [9.17, 15) is 4.79 Å². The predicted octanol–water partition coefficient (Wildman–Crippen LogP) is 4.67. The van der Waals surface area contributed by atoms with Gasteiger partial charge in [0.2, 0.25) is 0 Å². The number of hydrogen-bond donors (Lipinski definition) is 0. The first-order valence-electron chi connectivity index (χ1n) is 6.87. The van der Waals surface area contributed by atoms with Crippen LogP contribution in [0.3, 0.4) is 0 Å². The molecule has 1 aromatic carbocycles. The molecule has 2 heterocycles. The molecule has 0 N–H and O–H groups in total. The van der Waals surface area contributed by atoms with Crippen molar-refractivity contribution in [1.29, 1.82) is 0 Å². The Balaban J connectivity index is 1.68. The molecule has 0 atom stereocenters. The number of thiophene rings is 1. The molecular weight excluding hydrogens is 266 g/mol. The summed E-state index contributed by atoms with van der Waals surface area (Å²) in [4.78, 5) is 12.9. The molecular formula is C17H17NOS. The van der Waals surface area contributed by atoms with Crippen LogP contribution in [0.25, 0.3) is 10.9 Å². The van der Waals surface area contributed by atoms with Crippen LogP contribution < -0.4 is 0 Å². The number of aryl methyl sites for hydroxylation is 2. The normalized spacial score (nSPS) is 11.1. The Morgan fingerprint density at radius 3 is 2.85 bits per heavy atom.